The zero-order valence-corrected chi connectivity index (χ0v) is 12.7. The number of aromatic amines is 1. The molecule has 3 N–H and O–H groups in total. The summed E-state index contributed by atoms with van der Waals surface area (Å²) in [4.78, 5) is 7.80. The number of hydrogen-bond acceptors (Lipinski definition) is 2. The van der Waals surface area contributed by atoms with Gasteiger partial charge in [0.25, 0.3) is 0 Å². The summed E-state index contributed by atoms with van der Waals surface area (Å²) in [6.45, 7) is 6.51. The summed E-state index contributed by atoms with van der Waals surface area (Å²) in [5, 5.41) is 0. The Balaban J connectivity index is 2.15. The van der Waals surface area contributed by atoms with Crippen LogP contribution in [0.25, 0.3) is 11.3 Å². The average molecular weight is 271 g/mol. The van der Waals surface area contributed by atoms with Crippen LogP contribution >= 0.6 is 0 Å². The smallest absolute Gasteiger partial charge is 0.123 e. The van der Waals surface area contributed by atoms with E-state index in [2.05, 4.69) is 55.0 Å². The van der Waals surface area contributed by atoms with E-state index in [1.54, 1.807) is 0 Å². The molecule has 108 valence electrons. The predicted molar refractivity (Wildman–Crippen MR) is 84.4 cm³/mol. The minimum Gasteiger partial charge on any atom is -0.341 e. The summed E-state index contributed by atoms with van der Waals surface area (Å²) in [5.74, 6) is 1.31. The molecular weight excluding hydrogens is 246 g/mol. The number of imidazole rings is 1. The molecule has 1 aromatic heterocycles. The van der Waals surface area contributed by atoms with Crippen molar-refractivity contribution in [1.29, 1.82) is 0 Å². The van der Waals surface area contributed by atoms with Gasteiger partial charge in [0.05, 0.1) is 17.9 Å². The molecule has 20 heavy (non-hydrogen) atoms. The van der Waals surface area contributed by atoms with Crippen LogP contribution in [0.3, 0.4) is 0 Å². The maximum atomic E-state index is 6.21. The highest BCUT2D eigenvalue weighted by Gasteiger charge is 2.16. The van der Waals surface area contributed by atoms with Crippen molar-refractivity contribution in [3.05, 3.63) is 41.9 Å². The molecule has 0 aliphatic heterocycles. The first-order valence-corrected chi connectivity index (χ1v) is 7.55. The Morgan fingerprint density at radius 1 is 1.20 bits per heavy atom. The molecule has 0 saturated carbocycles. The number of nitrogens with two attached hydrogens (primary N) is 1. The number of nitrogens with zero attached hydrogens (tertiary/aromatic N) is 1. The number of nitrogens with one attached hydrogen (secondary N) is 1. The van der Waals surface area contributed by atoms with Crippen molar-refractivity contribution in [2.24, 2.45) is 11.7 Å². The van der Waals surface area contributed by atoms with E-state index in [-0.39, 0.29) is 6.04 Å². The van der Waals surface area contributed by atoms with Gasteiger partial charge >= 0.3 is 0 Å². The normalized spacial score (nSPS) is 14.2. The van der Waals surface area contributed by atoms with Crippen molar-refractivity contribution in [3.63, 3.8) is 0 Å². The Kier molecular flexibility index (Phi) is 4.96. The number of rotatable bonds is 6. The van der Waals surface area contributed by atoms with Crippen LogP contribution < -0.4 is 5.73 Å². The summed E-state index contributed by atoms with van der Waals surface area (Å²) >= 11 is 0. The molecule has 0 aliphatic carbocycles. The highest BCUT2D eigenvalue weighted by molar-refractivity contribution is 5.58. The predicted octanol–water partition coefficient (Wildman–Crippen LogP) is 4.08. The monoisotopic (exact) mass is 271 g/mol. The minimum absolute atomic E-state index is 0.0203. The molecule has 2 rings (SSSR count). The van der Waals surface area contributed by atoms with E-state index >= 15 is 0 Å². The lowest BCUT2D eigenvalue weighted by Crippen LogP contribution is -2.19. The minimum atomic E-state index is -0.0203. The fourth-order valence-corrected chi connectivity index (χ4v) is 2.32. The summed E-state index contributed by atoms with van der Waals surface area (Å²) in [7, 11) is 0. The van der Waals surface area contributed by atoms with Gasteiger partial charge in [-0.25, -0.2) is 4.98 Å². The molecule has 0 aliphatic rings. The van der Waals surface area contributed by atoms with E-state index in [4.69, 9.17) is 5.73 Å². The van der Waals surface area contributed by atoms with Gasteiger partial charge < -0.3 is 10.7 Å². The molecule has 0 spiro atoms. The van der Waals surface area contributed by atoms with Gasteiger partial charge in [0.1, 0.15) is 5.82 Å². The van der Waals surface area contributed by atoms with Crippen molar-refractivity contribution in [1.82, 2.24) is 9.97 Å². The molecule has 2 aromatic rings. The van der Waals surface area contributed by atoms with E-state index in [0.29, 0.717) is 5.92 Å². The Hall–Kier alpha value is -1.61. The van der Waals surface area contributed by atoms with E-state index in [1.807, 2.05) is 6.20 Å². The summed E-state index contributed by atoms with van der Waals surface area (Å²) in [6, 6.07) is 8.66. The third-order valence-electron chi connectivity index (χ3n) is 3.97. The first kappa shape index (κ1) is 14.8. The van der Waals surface area contributed by atoms with Gasteiger partial charge in [-0.1, -0.05) is 57.9 Å². The highest BCUT2D eigenvalue weighted by atomic mass is 15.0. The van der Waals surface area contributed by atoms with Gasteiger partial charge in [-0.15, -0.1) is 0 Å². The molecule has 0 bridgehead atoms. The lowest BCUT2D eigenvalue weighted by Gasteiger charge is -2.15. The van der Waals surface area contributed by atoms with Crippen LogP contribution in [0.15, 0.2) is 30.5 Å². The first-order chi connectivity index (χ1) is 9.65. The molecule has 0 radical (unpaired) electrons. The molecule has 1 heterocycles. The second kappa shape index (κ2) is 6.71. The molecule has 2 unspecified atom stereocenters. The van der Waals surface area contributed by atoms with Crippen molar-refractivity contribution in [3.8, 4) is 11.3 Å². The van der Waals surface area contributed by atoms with Gasteiger partial charge in [0, 0.05) is 0 Å². The maximum Gasteiger partial charge on any atom is 0.123 e. The fraction of sp³-hybridized carbons (Fsp3) is 0.471. The number of aromatic nitrogens is 2. The van der Waals surface area contributed by atoms with Gasteiger partial charge in [0.15, 0.2) is 0 Å². The lowest BCUT2D eigenvalue weighted by atomic mass is 10.00. The number of benzene rings is 1. The van der Waals surface area contributed by atoms with Crippen LogP contribution in [-0.4, -0.2) is 9.97 Å². The third-order valence-corrected chi connectivity index (χ3v) is 3.97. The fourth-order valence-electron chi connectivity index (χ4n) is 2.32. The van der Waals surface area contributed by atoms with Crippen LogP contribution in [0.2, 0.25) is 0 Å². The average Bonchev–Trinajstić information content (AvgIpc) is 2.96. The van der Waals surface area contributed by atoms with Crippen molar-refractivity contribution in [2.75, 3.05) is 0 Å². The zero-order chi connectivity index (χ0) is 14.5. The van der Waals surface area contributed by atoms with E-state index in [0.717, 1.165) is 24.4 Å². The molecule has 0 saturated heterocycles. The molecule has 0 fully saturated rings. The molecule has 3 heteroatoms. The van der Waals surface area contributed by atoms with Crippen LogP contribution in [-0.2, 0) is 6.42 Å². The molecule has 0 amide bonds. The Bertz CT molecular complexity index is 527. The SMILES string of the molecule is CCCc1ccc(-c2cnc(C(N)C(C)CC)[nH]2)cc1. The number of aryl methyl sites for hydroxylation is 1. The summed E-state index contributed by atoms with van der Waals surface area (Å²) in [6.07, 6.45) is 5.25. The third kappa shape index (κ3) is 3.28. The van der Waals surface area contributed by atoms with Crippen LogP contribution in [0.1, 0.15) is 51.0 Å². The maximum absolute atomic E-state index is 6.21. The van der Waals surface area contributed by atoms with Gasteiger partial charge in [-0.3, -0.25) is 0 Å². The van der Waals surface area contributed by atoms with Crippen LogP contribution in [0.4, 0.5) is 0 Å². The van der Waals surface area contributed by atoms with E-state index in [9.17, 15) is 0 Å². The standard InChI is InChI=1S/C17H25N3/c1-4-6-13-7-9-14(10-8-13)15-11-19-17(20-15)16(18)12(3)5-2/h7-12,16H,4-6,18H2,1-3H3,(H,19,20). The van der Waals surface area contributed by atoms with Crippen molar-refractivity contribution >= 4 is 0 Å². The topological polar surface area (TPSA) is 54.7 Å². The van der Waals surface area contributed by atoms with Crippen LogP contribution in [0.5, 0.6) is 0 Å². The number of hydrogen-bond donors (Lipinski definition) is 2. The van der Waals surface area contributed by atoms with E-state index in [1.165, 1.54) is 17.5 Å². The van der Waals surface area contributed by atoms with Crippen LogP contribution in [0, 0.1) is 5.92 Å². The molecule has 2 atom stereocenters. The zero-order valence-electron chi connectivity index (χ0n) is 12.7. The van der Waals surface area contributed by atoms with E-state index < -0.39 is 0 Å². The Labute approximate surface area is 121 Å². The van der Waals surface area contributed by atoms with Gasteiger partial charge in [-0.05, 0) is 23.5 Å². The number of H-pyrrole nitrogens is 1. The van der Waals surface area contributed by atoms with Crippen molar-refractivity contribution < 1.29 is 0 Å². The summed E-state index contributed by atoms with van der Waals surface area (Å²) < 4.78 is 0. The molecular formula is C17H25N3. The van der Waals surface area contributed by atoms with Gasteiger partial charge in [0.2, 0.25) is 0 Å². The second-order valence-corrected chi connectivity index (χ2v) is 5.54. The Morgan fingerprint density at radius 2 is 1.90 bits per heavy atom. The largest absolute Gasteiger partial charge is 0.341 e. The second-order valence-electron chi connectivity index (χ2n) is 5.54. The lowest BCUT2D eigenvalue weighted by molar-refractivity contribution is 0.441. The molecule has 3 nitrogen and oxygen atoms in total. The quantitative estimate of drug-likeness (QED) is 0.832. The summed E-state index contributed by atoms with van der Waals surface area (Å²) in [5.41, 5.74) is 9.80. The van der Waals surface area contributed by atoms with Gasteiger partial charge in [-0.2, -0.15) is 0 Å². The molecule has 1 aromatic carbocycles. The first-order valence-electron chi connectivity index (χ1n) is 7.55. The highest BCUT2D eigenvalue weighted by Crippen LogP contribution is 2.23. The Morgan fingerprint density at radius 3 is 2.50 bits per heavy atom. The van der Waals surface area contributed by atoms with Crippen molar-refractivity contribution in [2.45, 2.75) is 46.1 Å².